The maximum absolute atomic E-state index is 4.65. The molecular weight excluding hydrogens is 256 g/mol. The highest BCUT2D eigenvalue weighted by Gasteiger charge is 2.24. The van der Waals surface area contributed by atoms with Crippen molar-refractivity contribution in [2.45, 2.75) is 33.1 Å². The standard InChI is InChI=1S/C14H16N4S/c1-8-5-6-9-10(7-8)16-13(15-9)11-12(14(2,3)4)17-18-19-11/h5-7H,1-4H3,(H,15,16). The molecule has 3 rings (SSSR count). The van der Waals surface area contributed by atoms with E-state index in [9.17, 15) is 0 Å². The summed E-state index contributed by atoms with van der Waals surface area (Å²) < 4.78 is 4.08. The molecule has 0 radical (unpaired) electrons. The average Bonchev–Trinajstić information content (AvgIpc) is 2.92. The summed E-state index contributed by atoms with van der Waals surface area (Å²) in [6, 6.07) is 6.22. The molecule has 19 heavy (non-hydrogen) atoms. The van der Waals surface area contributed by atoms with E-state index in [1.54, 1.807) is 0 Å². The lowest BCUT2D eigenvalue weighted by Crippen LogP contribution is -2.13. The van der Waals surface area contributed by atoms with Crippen molar-refractivity contribution in [3.8, 4) is 10.7 Å². The van der Waals surface area contributed by atoms with Gasteiger partial charge in [-0.3, -0.25) is 0 Å². The third-order valence-corrected chi connectivity index (χ3v) is 3.78. The second-order valence-electron chi connectivity index (χ2n) is 5.81. The quantitative estimate of drug-likeness (QED) is 0.735. The molecule has 5 heteroatoms. The first kappa shape index (κ1) is 12.3. The van der Waals surface area contributed by atoms with Gasteiger partial charge >= 0.3 is 0 Å². The Labute approximate surface area is 116 Å². The Morgan fingerprint density at radius 3 is 2.74 bits per heavy atom. The zero-order valence-corrected chi connectivity index (χ0v) is 12.3. The van der Waals surface area contributed by atoms with E-state index in [2.05, 4.69) is 59.4 Å². The van der Waals surface area contributed by atoms with Crippen molar-refractivity contribution in [1.82, 2.24) is 19.6 Å². The van der Waals surface area contributed by atoms with Crippen LogP contribution in [0.25, 0.3) is 21.7 Å². The van der Waals surface area contributed by atoms with Gasteiger partial charge in [-0.05, 0) is 36.2 Å². The van der Waals surface area contributed by atoms with Crippen LogP contribution in [0.1, 0.15) is 32.0 Å². The Morgan fingerprint density at radius 2 is 2.00 bits per heavy atom. The fourth-order valence-corrected chi connectivity index (χ4v) is 2.89. The van der Waals surface area contributed by atoms with Crippen molar-refractivity contribution >= 4 is 22.6 Å². The number of aromatic nitrogens is 4. The van der Waals surface area contributed by atoms with E-state index in [4.69, 9.17) is 0 Å². The van der Waals surface area contributed by atoms with Crippen LogP contribution in [0.15, 0.2) is 18.2 Å². The van der Waals surface area contributed by atoms with Gasteiger partial charge in [0, 0.05) is 5.41 Å². The third kappa shape index (κ3) is 2.14. The Bertz CT molecular complexity index is 733. The Hall–Kier alpha value is -1.75. The zero-order chi connectivity index (χ0) is 13.6. The third-order valence-electron chi connectivity index (χ3n) is 3.05. The van der Waals surface area contributed by atoms with Crippen LogP contribution < -0.4 is 0 Å². The van der Waals surface area contributed by atoms with Crippen LogP contribution in [0, 0.1) is 6.92 Å². The molecule has 3 aromatic rings. The van der Waals surface area contributed by atoms with E-state index in [-0.39, 0.29) is 5.41 Å². The number of aromatic amines is 1. The molecule has 0 unspecified atom stereocenters. The van der Waals surface area contributed by atoms with Crippen LogP contribution in [-0.2, 0) is 5.41 Å². The molecular formula is C14H16N4S. The molecule has 0 bridgehead atoms. The summed E-state index contributed by atoms with van der Waals surface area (Å²) >= 11 is 1.39. The fraction of sp³-hybridized carbons (Fsp3) is 0.357. The van der Waals surface area contributed by atoms with E-state index in [1.165, 1.54) is 17.1 Å². The van der Waals surface area contributed by atoms with Gasteiger partial charge in [-0.25, -0.2) is 4.98 Å². The lowest BCUT2D eigenvalue weighted by atomic mass is 9.91. The molecule has 0 spiro atoms. The van der Waals surface area contributed by atoms with Gasteiger partial charge in [-0.2, -0.15) is 0 Å². The van der Waals surface area contributed by atoms with Crippen molar-refractivity contribution in [2.24, 2.45) is 0 Å². The smallest absolute Gasteiger partial charge is 0.152 e. The lowest BCUT2D eigenvalue weighted by Gasteiger charge is -2.15. The molecule has 98 valence electrons. The van der Waals surface area contributed by atoms with E-state index in [0.29, 0.717) is 0 Å². The first-order valence-electron chi connectivity index (χ1n) is 6.25. The highest BCUT2D eigenvalue weighted by Crippen LogP contribution is 2.33. The highest BCUT2D eigenvalue weighted by atomic mass is 32.1. The second-order valence-corrected chi connectivity index (χ2v) is 6.56. The molecule has 0 saturated carbocycles. The Morgan fingerprint density at radius 1 is 1.21 bits per heavy atom. The molecule has 0 aliphatic heterocycles. The number of benzene rings is 1. The monoisotopic (exact) mass is 272 g/mol. The van der Waals surface area contributed by atoms with Crippen molar-refractivity contribution < 1.29 is 0 Å². The fourth-order valence-electron chi connectivity index (χ4n) is 2.07. The number of fused-ring (bicyclic) bond motifs is 1. The Balaban J connectivity index is 2.17. The molecule has 2 heterocycles. The summed E-state index contributed by atoms with van der Waals surface area (Å²) in [5.74, 6) is 0.862. The predicted octanol–water partition coefficient (Wildman–Crippen LogP) is 3.69. The van der Waals surface area contributed by atoms with Crippen LogP contribution in [-0.4, -0.2) is 19.6 Å². The van der Waals surface area contributed by atoms with Crippen molar-refractivity contribution in [2.75, 3.05) is 0 Å². The van der Waals surface area contributed by atoms with Crippen LogP contribution in [0.4, 0.5) is 0 Å². The van der Waals surface area contributed by atoms with Gasteiger partial charge in [0.15, 0.2) is 5.82 Å². The molecule has 1 aromatic carbocycles. The van der Waals surface area contributed by atoms with Crippen LogP contribution in [0.3, 0.4) is 0 Å². The molecule has 0 aliphatic rings. The van der Waals surface area contributed by atoms with E-state index in [0.717, 1.165) is 27.4 Å². The summed E-state index contributed by atoms with van der Waals surface area (Å²) in [5, 5.41) is 4.26. The first-order valence-corrected chi connectivity index (χ1v) is 7.02. The summed E-state index contributed by atoms with van der Waals surface area (Å²) in [4.78, 5) is 9.04. The normalized spacial score (nSPS) is 12.2. The number of imidazole rings is 1. The largest absolute Gasteiger partial charge is 0.337 e. The van der Waals surface area contributed by atoms with E-state index >= 15 is 0 Å². The topological polar surface area (TPSA) is 54.5 Å². The zero-order valence-electron chi connectivity index (χ0n) is 11.5. The van der Waals surface area contributed by atoms with Crippen molar-refractivity contribution in [1.29, 1.82) is 0 Å². The minimum absolute atomic E-state index is 0.0305. The summed E-state index contributed by atoms with van der Waals surface area (Å²) in [6.45, 7) is 8.49. The first-order chi connectivity index (χ1) is 8.95. The van der Waals surface area contributed by atoms with Gasteiger partial charge in [0.1, 0.15) is 4.88 Å². The van der Waals surface area contributed by atoms with Crippen LogP contribution in [0.5, 0.6) is 0 Å². The highest BCUT2D eigenvalue weighted by molar-refractivity contribution is 7.09. The number of hydrogen-bond donors (Lipinski definition) is 1. The molecule has 2 aromatic heterocycles. The molecule has 0 atom stereocenters. The molecule has 0 amide bonds. The Kier molecular flexibility index (Phi) is 2.67. The number of rotatable bonds is 1. The second kappa shape index (κ2) is 4.13. The number of nitrogens with one attached hydrogen (secondary N) is 1. The average molecular weight is 272 g/mol. The van der Waals surface area contributed by atoms with Crippen molar-refractivity contribution in [3.05, 3.63) is 29.5 Å². The number of H-pyrrole nitrogens is 1. The van der Waals surface area contributed by atoms with E-state index < -0.39 is 0 Å². The molecule has 4 nitrogen and oxygen atoms in total. The SMILES string of the molecule is Cc1ccc2nc(-c3snnc3C(C)(C)C)[nH]c2c1. The van der Waals surface area contributed by atoms with E-state index in [1.807, 2.05) is 6.07 Å². The van der Waals surface area contributed by atoms with Gasteiger partial charge in [-0.1, -0.05) is 31.3 Å². The minimum atomic E-state index is -0.0305. The van der Waals surface area contributed by atoms with Gasteiger partial charge in [0.25, 0.3) is 0 Å². The van der Waals surface area contributed by atoms with Crippen LogP contribution in [0.2, 0.25) is 0 Å². The van der Waals surface area contributed by atoms with Gasteiger partial charge in [0.2, 0.25) is 0 Å². The number of aryl methyl sites for hydroxylation is 1. The number of nitrogens with zero attached hydrogens (tertiary/aromatic N) is 3. The molecule has 1 N–H and O–H groups in total. The van der Waals surface area contributed by atoms with Gasteiger partial charge in [0.05, 0.1) is 16.7 Å². The summed E-state index contributed by atoms with van der Waals surface area (Å²) in [7, 11) is 0. The maximum Gasteiger partial charge on any atom is 0.152 e. The maximum atomic E-state index is 4.65. The van der Waals surface area contributed by atoms with Gasteiger partial charge < -0.3 is 4.98 Å². The predicted molar refractivity (Wildman–Crippen MR) is 78.4 cm³/mol. The number of hydrogen-bond acceptors (Lipinski definition) is 4. The minimum Gasteiger partial charge on any atom is -0.337 e. The lowest BCUT2D eigenvalue weighted by molar-refractivity contribution is 0.568. The summed E-state index contributed by atoms with van der Waals surface area (Å²) in [5.41, 5.74) is 4.23. The molecule has 0 fully saturated rings. The van der Waals surface area contributed by atoms with Crippen LogP contribution >= 0.6 is 11.5 Å². The molecule has 0 aliphatic carbocycles. The van der Waals surface area contributed by atoms with Crippen molar-refractivity contribution in [3.63, 3.8) is 0 Å². The molecule has 0 saturated heterocycles. The summed E-state index contributed by atoms with van der Waals surface area (Å²) in [6.07, 6.45) is 0. The van der Waals surface area contributed by atoms with Gasteiger partial charge in [-0.15, -0.1) is 5.10 Å².